The zero-order chi connectivity index (χ0) is 17.4. The lowest BCUT2D eigenvalue weighted by Crippen LogP contribution is -2.32. The van der Waals surface area contributed by atoms with Crippen molar-refractivity contribution in [2.75, 3.05) is 13.1 Å². The van der Waals surface area contributed by atoms with Gasteiger partial charge in [0.2, 0.25) is 6.29 Å². The van der Waals surface area contributed by atoms with E-state index < -0.39 is 12.3 Å². The smallest absolute Gasteiger partial charge is 0.341 e. The number of fused-ring (bicyclic) bond motifs is 1. The number of esters is 1. The molecule has 0 aliphatic carbocycles. The Kier molecular flexibility index (Phi) is 4.32. The summed E-state index contributed by atoms with van der Waals surface area (Å²) in [7, 11) is 0. The summed E-state index contributed by atoms with van der Waals surface area (Å²) < 4.78 is 4.95. The van der Waals surface area contributed by atoms with Gasteiger partial charge in [0, 0.05) is 12.1 Å². The van der Waals surface area contributed by atoms with Gasteiger partial charge in [0.05, 0.1) is 5.56 Å². The van der Waals surface area contributed by atoms with Crippen molar-refractivity contribution in [2.24, 2.45) is 0 Å². The molecule has 1 unspecified atom stereocenters. The van der Waals surface area contributed by atoms with E-state index in [2.05, 4.69) is 35.2 Å². The molecule has 1 atom stereocenters. The molecule has 1 saturated heterocycles. The van der Waals surface area contributed by atoms with Gasteiger partial charge in [0.15, 0.2) is 0 Å². The number of ether oxygens (including phenoxy) is 1. The Morgan fingerprint density at radius 1 is 1.12 bits per heavy atom. The second kappa shape index (κ2) is 6.62. The monoisotopic (exact) mass is 337 g/mol. The number of carbonyl (C=O) groups is 1. The SMILES string of the molecule is Cc1c(C2CCN(Cc3ccccc3)CC2)ccc2c1C(O)OC2=O. The van der Waals surface area contributed by atoms with Crippen LogP contribution in [-0.2, 0) is 11.3 Å². The van der Waals surface area contributed by atoms with Gasteiger partial charge < -0.3 is 9.84 Å². The average molecular weight is 337 g/mol. The van der Waals surface area contributed by atoms with Gasteiger partial charge in [-0.15, -0.1) is 0 Å². The average Bonchev–Trinajstić information content (AvgIpc) is 2.92. The molecular weight excluding hydrogens is 314 g/mol. The highest BCUT2D eigenvalue weighted by atomic mass is 16.6. The van der Waals surface area contributed by atoms with Crippen LogP contribution >= 0.6 is 0 Å². The molecule has 0 radical (unpaired) electrons. The summed E-state index contributed by atoms with van der Waals surface area (Å²) in [5.74, 6) is 0.0510. The van der Waals surface area contributed by atoms with Crippen molar-refractivity contribution in [2.45, 2.75) is 38.5 Å². The number of piperidine rings is 1. The molecule has 0 spiro atoms. The Balaban J connectivity index is 1.46. The number of aliphatic hydroxyl groups is 1. The van der Waals surface area contributed by atoms with Crippen LogP contribution < -0.4 is 0 Å². The third-order valence-corrected chi connectivity index (χ3v) is 5.52. The summed E-state index contributed by atoms with van der Waals surface area (Å²) in [6, 6.07) is 14.4. The molecule has 2 aliphatic heterocycles. The number of hydrogen-bond acceptors (Lipinski definition) is 4. The number of carbonyl (C=O) groups excluding carboxylic acids is 1. The van der Waals surface area contributed by atoms with E-state index in [-0.39, 0.29) is 0 Å². The lowest BCUT2D eigenvalue weighted by atomic mass is 9.84. The van der Waals surface area contributed by atoms with Gasteiger partial charge in [-0.2, -0.15) is 0 Å². The predicted molar refractivity (Wildman–Crippen MR) is 95.2 cm³/mol. The van der Waals surface area contributed by atoms with Crippen LogP contribution in [0.25, 0.3) is 0 Å². The van der Waals surface area contributed by atoms with Gasteiger partial charge in [-0.3, -0.25) is 4.90 Å². The topological polar surface area (TPSA) is 49.8 Å². The van der Waals surface area contributed by atoms with Gasteiger partial charge in [-0.25, -0.2) is 4.79 Å². The summed E-state index contributed by atoms with van der Waals surface area (Å²) in [6.45, 7) is 5.12. The standard InChI is InChI=1S/C21H23NO3/c1-14-17(7-8-18-19(14)21(24)25-20(18)23)16-9-11-22(12-10-16)13-15-5-3-2-4-6-15/h2-8,16,21,24H,9-13H2,1H3. The van der Waals surface area contributed by atoms with Crippen molar-refractivity contribution in [1.82, 2.24) is 4.90 Å². The predicted octanol–water partition coefficient (Wildman–Crippen LogP) is 3.54. The quantitative estimate of drug-likeness (QED) is 0.871. The molecule has 25 heavy (non-hydrogen) atoms. The molecule has 4 nitrogen and oxygen atoms in total. The van der Waals surface area contributed by atoms with Gasteiger partial charge in [0.25, 0.3) is 0 Å². The highest BCUT2D eigenvalue weighted by molar-refractivity contribution is 5.94. The molecule has 2 aromatic rings. The molecule has 2 aliphatic rings. The first kappa shape index (κ1) is 16.3. The highest BCUT2D eigenvalue weighted by Gasteiger charge is 2.33. The summed E-state index contributed by atoms with van der Waals surface area (Å²) in [5, 5.41) is 10.0. The van der Waals surface area contributed by atoms with Gasteiger partial charge in [0.1, 0.15) is 0 Å². The Labute approximate surface area is 148 Å². The first-order valence-corrected chi connectivity index (χ1v) is 8.92. The van der Waals surface area contributed by atoms with Crippen LogP contribution in [0.4, 0.5) is 0 Å². The zero-order valence-corrected chi connectivity index (χ0v) is 14.4. The minimum Gasteiger partial charge on any atom is -0.428 e. The lowest BCUT2D eigenvalue weighted by molar-refractivity contribution is -0.0550. The lowest BCUT2D eigenvalue weighted by Gasteiger charge is -2.33. The van der Waals surface area contributed by atoms with Crippen molar-refractivity contribution < 1.29 is 14.6 Å². The molecule has 4 heteroatoms. The first-order chi connectivity index (χ1) is 12.1. The maximum atomic E-state index is 11.7. The van der Waals surface area contributed by atoms with E-state index >= 15 is 0 Å². The van der Waals surface area contributed by atoms with E-state index in [1.807, 2.05) is 19.1 Å². The van der Waals surface area contributed by atoms with Gasteiger partial charge >= 0.3 is 5.97 Å². The zero-order valence-electron chi connectivity index (χ0n) is 14.4. The number of hydrogen-bond donors (Lipinski definition) is 1. The van der Waals surface area contributed by atoms with Crippen molar-refractivity contribution in [3.8, 4) is 0 Å². The van der Waals surface area contributed by atoms with E-state index in [1.54, 1.807) is 0 Å². The molecule has 0 bridgehead atoms. The molecule has 2 aromatic carbocycles. The van der Waals surface area contributed by atoms with Crippen molar-refractivity contribution in [3.05, 3.63) is 70.3 Å². The fourth-order valence-electron chi connectivity index (χ4n) is 4.15. The molecule has 130 valence electrons. The van der Waals surface area contributed by atoms with Crippen LogP contribution in [0.5, 0.6) is 0 Å². The normalized spacial score (nSPS) is 21.2. The van der Waals surface area contributed by atoms with E-state index in [0.717, 1.165) is 38.0 Å². The Bertz CT molecular complexity index is 779. The van der Waals surface area contributed by atoms with Crippen LogP contribution in [0.2, 0.25) is 0 Å². The Hall–Kier alpha value is -2.17. The minimum absolute atomic E-state index is 0.421. The van der Waals surface area contributed by atoms with Crippen molar-refractivity contribution in [3.63, 3.8) is 0 Å². The van der Waals surface area contributed by atoms with E-state index in [1.165, 1.54) is 11.1 Å². The number of nitrogens with zero attached hydrogens (tertiary/aromatic N) is 1. The Morgan fingerprint density at radius 2 is 1.84 bits per heavy atom. The molecular formula is C21H23NO3. The van der Waals surface area contributed by atoms with Crippen LogP contribution in [0.3, 0.4) is 0 Å². The largest absolute Gasteiger partial charge is 0.428 e. The van der Waals surface area contributed by atoms with Crippen LogP contribution in [0.15, 0.2) is 42.5 Å². The molecule has 1 N–H and O–H groups in total. The second-order valence-electron chi connectivity index (χ2n) is 7.03. The minimum atomic E-state index is -1.11. The third kappa shape index (κ3) is 3.08. The highest BCUT2D eigenvalue weighted by Crippen LogP contribution is 2.38. The van der Waals surface area contributed by atoms with Crippen LogP contribution in [0, 0.1) is 6.92 Å². The summed E-state index contributed by atoms with van der Waals surface area (Å²) in [5.41, 5.74) is 4.78. The molecule has 0 amide bonds. The number of benzene rings is 2. The number of likely N-dealkylation sites (tertiary alicyclic amines) is 1. The number of aliphatic hydroxyl groups excluding tert-OH is 1. The van der Waals surface area contributed by atoms with Gasteiger partial charge in [-0.05, 0) is 61.5 Å². The fourth-order valence-corrected chi connectivity index (χ4v) is 4.15. The second-order valence-corrected chi connectivity index (χ2v) is 7.03. The van der Waals surface area contributed by atoms with E-state index in [0.29, 0.717) is 17.0 Å². The number of rotatable bonds is 3. The molecule has 0 aromatic heterocycles. The maximum Gasteiger partial charge on any atom is 0.341 e. The molecule has 4 rings (SSSR count). The van der Waals surface area contributed by atoms with Crippen LogP contribution in [0.1, 0.15) is 57.7 Å². The first-order valence-electron chi connectivity index (χ1n) is 8.92. The molecule has 1 fully saturated rings. The van der Waals surface area contributed by atoms with Gasteiger partial charge in [-0.1, -0.05) is 36.4 Å². The summed E-state index contributed by atoms with van der Waals surface area (Å²) in [4.78, 5) is 14.2. The summed E-state index contributed by atoms with van der Waals surface area (Å²) in [6.07, 6.45) is 1.08. The fraction of sp³-hybridized carbons (Fsp3) is 0.381. The van der Waals surface area contributed by atoms with Crippen molar-refractivity contribution in [1.29, 1.82) is 0 Å². The van der Waals surface area contributed by atoms with Crippen molar-refractivity contribution >= 4 is 5.97 Å². The van der Waals surface area contributed by atoms with E-state index in [4.69, 9.17) is 4.74 Å². The van der Waals surface area contributed by atoms with E-state index in [9.17, 15) is 9.90 Å². The van der Waals surface area contributed by atoms with Crippen LogP contribution in [-0.4, -0.2) is 29.1 Å². The summed E-state index contributed by atoms with van der Waals surface area (Å²) >= 11 is 0. The number of cyclic esters (lactones) is 1. The Morgan fingerprint density at radius 3 is 2.56 bits per heavy atom. The third-order valence-electron chi connectivity index (χ3n) is 5.52. The molecule has 0 saturated carbocycles. The maximum absolute atomic E-state index is 11.7. The molecule has 2 heterocycles.